The first-order valence-electron chi connectivity index (χ1n) is 7.10. The Bertz CT molecular complexity index is 589. The van der Waals surface area contributed by atoms with Crippen molar-refractivity contribution in [2.24, 2.45) is 0 Å². The first-order valence-corrected chi connectivity index (χ1v) is 7.10. The summed E-state index contributed by atoms with van der Waals surface area (Å²) in [5.41, 5.74) is 0.809. The molecule has 0 unspecified atom stereocenters. The van der Waals surface area contributed by atoms with E-state index in [1.54, 1.807) is 0 Å². The summed E-state index contributed by atoms with van der Waals surface area (Å²) in [6, 6.07) is 11.6. The molecular formula is C16H20N2O3. The Hall–Kier alpha value is -2.14. The van der Waals surface area contributed by atoms with Crippen LogP contribution in [0.3, 0.4) is 0 Å². The Morgan fingerprint density at radius 1 is 1.29 bits per heavy atom. The van der Waals surface area contributed by atoms with Crippen molar-refractivity contribution in [3.63, 3.8) is 0 Å². The van der Waals surface area contributed by atoms with Crippen LogP contribution in [0.2, 0.25) is 0 Å². The van der Waals surface area contributed by atoms with Gasteiger partial charge >= 0.3 is 5.97 Å². The van der Waals surface area contributed by atoms with Crippen LogP contribution in [0.15, 0.2) is 40.9 Å². The molecule has 0 saturated carbocycles. The molecule has 0 aliphatic carbocycles. The number of benzene rings is 1. The van der Waals surface area contributed by atoms with Gasteiger partial charge in [-0.15, -0.1) is 0 Å². The number of hydrogen-bond donors (Lipinski definition) is 2. The zero-order chi connectivity index (χ0) is 15.3. The number of aliphatic carboxylic acids is 1. The Morgan fingerprint density at radius 3 is 2.52 bits per heavy atom. The van der Waals surface area contributed by atoms with E-state index in [1.165, 1.54) is 0 Å². The molecule has 0 fully saturated rings. The predicted molar refractivity (Wildman–Crippen MR) is 79.7 cm³/mol. The first-order chi connectivity index (χ1) is 10.1. The summed E-state index contributed by atoms with van der Waals surface area (Å²) in [6.07, 6.45) is 1.02. The molecule has 0 spiro atoms. The Kier molecular flexibility index (Phi) is 4.75. The summed E-state index contributed by atoms with van der Waals surface area (Å²) in [6.45, 7) is 4.06. The van der Waals surface area contributed by atoms with Crippen molar-refractivity contribution in [3.8, 4) is 11.3 Å². The number of carboxylic acids is 1. The monoisotopic (exact) mass is 288 g/mol. The van der Waals surface area contributed by atoms with Crippen LogP contribution < -0.4 is 5.32 Å². The van der Waals surface area contributed by atoms with E-state index in [4.69, 9.17) is 4.52 Å². The van der Waals surface area contributed by atoms with Gasteiger partial charge in [0.15, 0.2) is 5.76 Å². The normalized spacial score (nSPS) is 11.5. The maximum absolute atomic E-state index is 11.4. The number of carbonyl (C=O) groups is 1. The molecule has 0 radical (unpaired) electrons. The van der Waals surface area contributed by atoms with Crippen molar-refractivity contribution in [1.29, 1.82) is 0 Å². The third-order valence-corrected chi connectivity index (χ3v) is 3.85. The van der Waals surface area contributed by atoms with Gasteiger partial charge in [0.2, 0.25) is 0 Å². The minimum Gasteiger partial charge on any atom is -0.480 e. The van der Waals surface area contributed by atoms with Crippen molar-refractivity contribution >= 4 is 5.97 Å². The van der Waals surface area contributed by atoms with Crippen LogP contribution in [0.25, 0.3) is 11.3 Å². The molecule has 0 amide bonds. The quantitative estimate of drug-likeness (QED) is 0.819. The lowest BCUT2D eigenvalue weighted by Gasteiger charge is -2.27. The van der Waals surface area contributed by atoms with Gasteiger partial charge in [0.1, 0.15) is 11.2 Å². The van der Waals surface area contributed by atoms with Gasteiger partial charge in [0.05, 0.1) is 6.54 Å². The minimum atomic E-state index is -0.917. The number of hydrogen-bond acceptors (Lipinski definition) is 4. The molecule has 2 aromatic rings. The highest BCUT2D eigenvalue weighted by molar-refractivity contribution is 5.78. The van der Waals surface area contributed by atoms with E-state index >= 15 is 0 Å². The van der Waals surface area contributed by atoms with E-state index in [9.17, 15) is 9.90 Å². The molecule has 21 heavy (non-hydrogen) atoms. The molecule has 0 bridgehead atoms. The van der Waals surface area contributed by atoms with E-state index in [2.05, 4.69) is 10.5 Å². The second kappa shape index (κ2) is 6.54. The number of carboxylic acid groups (broad SMARTS) is 1. The summed E-state index contributed by atoms with van der Waals surface area (Å²) in [5.74, 6) is -0.211. The lowest BCUT2D eigenvalue weighted by molar-refractivity contribution is -0.145. The molecule has 5 heteroatoms. The van der Waals surface area contributed by atoms with E-state index in [0.29, 0.717) is 25.1 Å². The smallest absolute Gasteiger partial charge is 0.323 e. The van der Waals surface area contributed by atoms with Crippen LogP contribution in [0.5, 0.6) is 0 Å². The molecule has 0 atom stereocenters. The summed E-state index contributed by atoms with van der Waals surface area (Å²) in [5, 5.41) is 16.5. The largest absolute Gasteiger partial charge is 0.480 e. The zero-order valence-corrected chi connectivity index (χ0v) is 12.3. The van der Waals surface area contributed by atoms with Gasteiger partial charge in [-0.25, -0.2) is 0 Å². The summed E-state index contributed by atoms with van der Waals surface area (Å²) < 4.78 is 5.28. The van der Waals surface area contributed by atoms with Gasteiger partial charge in [-0.3, -0.25) is 10.1 Å². The van der Waals surface area contributed by atoms with E-state index in [-0.39, 0.29) is 0 Å². The second-order valence-electron chi connectivity index (χ2n) is 4.99. The van der Waals surface area contributed by atoms with Gasteiger partial charge in [-0.2, -0.15) is 0 Å². The highest BCUT2D eigenvalue weighted by Gasteiger charge is 2.34. The number of nitrogens with one attached hydrogen (secondary N) is 1. The topological polar surface area (TPSA) is 75.4 Å². The van der Waals surface area contributed by atoms with Gasteiger partial charge < -0.3 is 9.63 Å². The molecule has 0 saturated heterocycles. The van der Waals surface area contributed by atoms with Crippen LogP contribution in [-0.4, -0.2) is 21.8 Å². The first kappa shape index (κ1) is 15.3. The Balaban J connectivity index is 2.08. The standard InChI is InChI=1S/C16H20N2O3/c1-3-16(4-2,15(19)20)17-11-13-10-14(18-21-13)12-8-6-5-7-9-12/h5-10,17H,3-4,11H2,1-2H3,(H,19,20). The average Bonchev–Trinajstić information content (AvgIpc) is 2.98. The van der Waals surface area contributed by atoms with Crippen LogP contribution in [0.4, 0.5) is 0 Å². The van der Waals surface area contributed by atoms with E-state index < -0.39 is 11.5 Å². The molecule has 1 heterocycles. The maximum Gasteiger partial charge on any atom is 0.323 e. The Morgan fingerprint density at radius 2 is 1.95 bits per heavy atom. The molecule has 2 N–H and O–H groups in total. The number of nitrogens with zero attached hydrogens (tertiary/aromatic N) is 1. The minimum absolute atomic E-state index is 0.341. The van der Waals surface area contributed by atoms with E-state index in [0.717, 1.165) is 11.3 Å². The van der Waals surface area contributed by atoms with Gasteiger partial charge in [-0.05, 0) is 12.8 Å². The lowest BCUT2D eigenvalue weighted by Crippen LogP contribution is -2.50. The highest BCUT2D eigenvalue weighted by Crippen LogP contribution is 2.20. The molecule has 0 aliphatic rings. The molecule has 0 aliphatic heterocycles. The SMILES string of the molecule is CCC(CC)(NCc1cc(-c2ccccc2)no1)C(=O)O. The van der Waals surface area contributed by atoms with E-state index in [1.807, 2.05) is 50.2 Å². The molecule has 2 rings (SSSR count). The lowest BCUT2D eigenvalue weighted by atomic mass is 9.93. The number of aromatic nitrogens is 1. The molecule has 5 nitrogen and oxygen atoms in total. The number of rotatable bonds is 7. The average molecular weight is 288 g/mol. The van der Waals surface area contributed by atoms with Gasteiger partial charge in [0, 0.05) is 11.6 Å². The van der Waals surface area contributed by atoms with Crippen molar-refractivity contribution in [2.75, 3.05) is 0 Å². The second-order valence-corrected chi connectivity index (χ2v) is 4.99. The van der Waals surface area contributed by atoms with Crippen molar-refractivity contribution < 1.29 is 14.4 Å². The molecule has 1 aromatic carbocycles. The fraction of sp³-hybridized carbons (Fsp3) is 0.375. The van der Waals surface area contributed by atoms with Gasteiger partial charge in [0.25, 0.3) is 0 Å². The third kappa shape index (κ3) is 3.31. The fourth-order valence-corrected chi connectivity index (χ4v) is 2.28. The highest BCUT2D eigenvalue weighted by atomic mass is 16.5. The van der Waals surface area contributed by atoms with Crippen LogP contribution in [0.1, 0.15) is 32.4 Å². The fourth-order valence-electron chi connectivity index (χ4n) is 2.28. The summed E-state index contributed by atoms with van der Waals surface area (Å²) in [4.78, 5) is 11.4. The Labute approximate surface area is 124 Å². The van der Waals surface area contributed by atoms with Crippen molar-refractivity contribution in [2.45, 2.75) is 38.8 Å². The third-order valence-electron chi connectivity index (χ3n) is 3.85. The van der Waals surface area contributed by atoms with Crippen LogP contribution >= 0.6 is 0 Å². The predicted octanol–water partition coefficient (Wildman–Crippen LogP) is 3.07. The van der Waals surface area contributed by atoms with Crippen molar-refractivity contribution in [3.05, 3.63) is 42.2 Å². The van der Waals surface area contributed by atoms with Crippen LogP contribution in [0, 0.1) is 0 Å². The molecule has 112 valence electrons. The van der Waals surface area contributed by atoms with Crippen LogP contribution in [-0.2, 0) is 11.3 Å². The summed E-state index contributed by atoms with van der Waals surface area (Å²) in [7, 11) is 0. The van der Waals surface area contributed by atoms with Gasteiger partial charge in [-0.1, -0.05) is 49.3 Å². The maximum atomic E-state index is 11.4. The summed E-state index contributed by atoms with van der Waals surface area (Å²) >= 11 is 0. The van der Waals surface area contributed by atoms with Crippen molar-refractivity contribution in [1.82, 2.24) is 10.5 Å². The molecule has 1 aromatic heterocycles. The molecular weight excluding hydrogens is 268 g/mol. The zero-order valence-electron chi connectivity index (χ0n) is 12.3.